The van der Waals surface area contributed by atoms with Gasteiger partial charge in [-0.05, 0) is 35.7 Å². The van der Waals surface area contributed by atoms with E-state index in [1.165, 1.54) is 0 Å². The summed E-state index contributed by atoms with van der Waals surface area (Å²) in [5.41, 5.74) is 2.14. The number of rotatable bonds is 6. The van der Waals surface area contributed by atoms with E-state index in [0.717, 1.165) is 18.4 Å². The molecule has 2 aromatic rings. The van der Waals surface area contributed by atoms with Crippen LogP contribution in [-0.4, -0.2) is 16.0 Å². The number of benzene rings is 1. The highest BCUT2D eigenvalue weighted by atomic mass is 35.5. The normalized spacial score (nSPS) is 12.0. The van der Waals surface area contributed by atoms with Gasteiger partial charge in [-0.1, -0.05) is 37.1 Å². The summed E-state index contributed by atoms with van der Waals surface area (Å²) < 4.78 is 0. The molecular formula is C17H19ClN2O2. The van der Waals surface area contributed by atoms with E-state index in [4.69, 9.17) is 16.7 Å². The molecule has 116 valence electrons. The van der Waals surface area contributed by atoms with Crippen molar-refractivity contribution in [3.63, 3.8) is 0 Å². The van der Waals surface area contributed by atoms with E-state index in [0.29, 0.717) is 16.3 Å². The molecule has 1 aromatic carbocycles. The summed E-state index contributed by atoms with van der Waals surface area (Å²) in [7, 11) is 0. The monoisotopic (exact) mass is 318 g/mol. The van der Waals surface area contributed by atoms with Crippen LogP contribution in [0.15, 0.2) is 42.7 Å². The molecule has 0 bridgehead atoms. The van der Waals surface area contributed by atoms with Crippen LogP contribution in [0.5, 0.6) is 0 Å². The summed E-state index contributed by atoms with van der Waals surface area (Å²) in [5, 5.41) is 12.6. The molecule has 0 spiro atoms. The van der Waals surface area contributed by atoms with Crippen LogP contribution in [0, 0.1) is 0 Å². The second-order valence-corrected chi connectivity index (χ2v) is 5.56. The maximum absolute atomic E-state index is 12.6. The number of aliphatic hydroxyl groups is 1. The molecule has 0 saturated carbocycles. The predicted molar refractivity (Wildman–Crippen MR) is 87.9 cm³/mol. The van der Waals surface area contributed by atoms with Crippen molar-refractivity contribution in [2.45, 2.75) is 32.3 Å². The average molecular weight is 319 g/mol. The van der Waals surface area contributed by atoms with E-state index in [9.17, 15) is 4.79 Å². The van der Waals surface area contributed by atoms with Gasteiger partial charge in [-0.25, -0.2) is 0 Å². The molecule has 1 heterocycles. The van der Waals surface area contributed by atoms with Gasteiger partial charge in [0.05, 0.1) is 24.4 Å². The van der Waals surface area contributed by atoms with Crippen molar-refractivity contribution in [1.82, 2.24) is 4.98 Å². The highest BCUT2D eigenvalue weighted by molar-refractivity contribution is 6.30. The van der Waals surface area contributed by atoms with Crippen molar-refractivity contribution >= 4 is 23.2 Å². The topological polar surface area (TPSA) is 62.2 Å². The van der Waals surface area contributed by atoms with Crippen LogP contribution in [0.4, 0.5) is 5.69 Å². The fourth-order valence-corrected chi connectivity index (χ4v) is 2.53. The van der Waals surface area contributed by atoms with E-state index in [-0.39, 0.29) is 18.4 Å². The minimum absolute atomic E-state index is 0.0963. The van der Waals surface area contributed by atoms with Gasteiger partial charge >= 0.3 is 0 Å². The van der Waals surface area contributed by atoms with Crippen LogP contribution in [0.2, 0.25) is 5.02 Å². The van der Waals surface area contributed by atoms with E-state index >= 15 is 0 Å². The summed E-state index contributed by atoms with van der Waals surface area (Å²) in [6.07, 6.45) is 4.76. The van der Waals surface area contributed by atoms with Crippen LogP contribution in [0.1, 0.15) is 36.8 Å². The Morgan fingerprint density at radius 2 is 2.18 bits per heavy atom. The molecule has 0 saturated heterocycles. The second-order valence-electron chi connectivity index (χ2n) is 5.13. The Labute approximate surface area is 135 Å². The Balaban J connectivity index is 2.19. The van der Waals surface area contributed by atoms with Crippen LogP contribution in [-0.2, 0) is 11.4 Å². The van der Waals surface area contributed by atoms with Crippen molar-refractivity contribution in [3.05, 3.63) is 58.9 Å². The van der Waals surface area contributed by atoms with Crippen LogP contribution in [0.25, 0.3) is 0 Å². The SMILES string of the molecule is CCCC(C(=O)Nc1cncc(CO)c1)c1cccc(Cl)c1. The second kappa shape index (κ2) is 7.92. The molecule has 1 unspecified atom stereocenters. The van der Waals surface area contributed by atoms with E-state index in [2.05, 4.69) is 10.3 Å². The lowest BCUT2D eigenvalue weighted by molar-refractivity contribution is -0.117. The number of hydrogen-bond acceptors (Lipinski definition) is 3. The van der Waals surface area contributed by atoms with Gasteiger partial charge in [0.1, 0.15) is 0 Å². The number of hydrogen-bond donors (Lipinski definition) is 2. The average Bonchev–Trinajstić information content (AvgIpc) is 2.52. The molecule has 2 N–H and O–H groups in total. The first-order chi connectivity index (χ1) is 10.6. The molecule has 0 aliphatic rings. The maximum atomic E-state index is 12.6. The highest BCUT2D eigenvalue weighted by Crippen LogP contribution is 2.25. The molecule has 0 radical (unpaired) electrons. The van der Waals surface area contributed by atoms with Crippen LogP contribution >= 0.6 is 11.6 Å². The van der Waals surface area contributed by atoms with Gasteiger partial charge in [-0.2, -0.15) is 0 Å². The van der Waals surface area contributed by atoms with Gasteiger partial charge in [0.2, 0.25) is 5.91 Å². The Bertz CT molecular complexity index is 646. The van der Waals surface area contributed by atoms with Crippen molar-refractivity contribution in [2.75, 3.05) is 5.32 Å². The number of carbonyl (C=O) groups is 1. The van der Waals surface area contributed by atoms with Gasteiger partial charge in [-0.3, -0.25) is 9.78 Å². The van der Waals surface area contributed by atoms with E-state index in [1.807, 2.05) is 25.1 Å². The standard InChI is InChI=1S/C17H19ClN2O2/c1-2-4-16(13-5-3-6-14(18)8-13)17(22)20-15-7-12(11-21)9-19-10-15/h3,5-10,16,21H,2,4,11H2,1H3,(H,20,22). The number of pyridine rings is 1. The number of nitrogens with zero attached hydrogens (tertiary/aromatic N) is 1. The van der Waals surface area contributed by atoms with Crippen molar-refractivity contribution in [3.8, 4) is 0 Å². The number of aromatic nitrogens is 1. The van der Waals surface area contributed by atoms with Gasteiger partial charge in [0, 0.05) is 11.2 Å². The van der Waals surface area contributed by atoms with Crippen molar-refractivity contribution in [1.29, 1.82) is 0 Å². The van der Waals surface area contributed by atoms with Gasteiger partial charge in [0.25, 0.3) is 0 Å². The lowest BCUT2D eigenvalue weighted by Crippen LogP contribution is -2.21. The van der Waals surface area contributed by atoms with E-state index in [1.54, 1.807) is 24.5 Å². The zero-order valence-electron chi connectivity index (χ0n) is 12.4. The third-order valence-corrected chi connectivity index (χ3v) is 3.62. The molecule has 22 heavy (non-hydrogen) atoms. The number of nitrogens with one attached hydrogen (secondary N) is 1. The first kappa shape index (κ1) is 16.5. The largest absolute Gasteiger partial charge is 0.392 e. The molecule has 4 nitrogen and oxygen atoms in total. The summed E-state index contributed by atoms with van der Waals surface area (Å²) >= 11 is 6.02. The number of anilines is 1. The third-order valence-electron chi connectivity index (χ3n) is 3.39. The smallest absolute Gasteiger partial charge is 0.231 e. The van der Waals surface area contributed by atoms with E-state index < -0.39 is 0 Å². The first-order valence-electron chi connectivity index (χ1n) is 7.25. The Kier molecular flexibility index (Phi) is 5.92. The zero-order valence-corrected chi connectivity index (χ0v) is 13.2. The molecule has 1 aromatic heterocycles. The van der Waals surface area contributed by atoms with Crippen molar-refractivity contribution in [2.24, 2.45) is 0 Å². The van der Waals surface area contributed by atoms with Gasteiger partial charge < -0.3 is 10.4 Å². The zero-order chi connectivity index (χ0) is 15.9. The summed E-state index contributed by atoms with van der Waals surface area (Å²) in [6.45, 7) is 1.93. The minimum atomic E-state index is -0.263. The Morgan fingerprint density at radius 3 is 2.86 bits per heavy atom. The molecule has 0 fully saturated rings. The molecular weight excluding hydrogens is 300 g/mol. The summed E-state index contributed by atoms with van der Waals surface area (Å²) in [5.74, 6) is -0.359. The first-order valence-corrected chi connectivity index (χ1v) is 7.63. The number of carbonyl (C=O) groups excluding carboxylic acids is 1. The molecule has 0 aliphatic heterocycles. The molecule has 0 aliphatic carbocycles. The number of aliphatic hydroxyl groups excluding tert-OH is 1. The fraction of sp³-hybridized carbons (Fsp3) is 0.294. The van der Waals surface area contributed by atoms with Crippen LogP contribution < -0.4 is 5.32 Å². The molecule has 5 heteroatoms. The number of amides is 1. The van der Waals surface area contributed by atoms with Crippen LogP contribution in [0.3, 0.4) is 0 Å². The lowest BCUT2D eigenvalue weighted by atomic mass is 9.93. The molecule has 2 rings (SSSR count). The Morgan fingerprint density at radius 1 is 1.36 bits per heavy atom. The third kappa shape index (κ3) is 4.29. The van der Waals surface area contributed by atoms with Crippen molar-refractivity contribution < 1.29 is 9.90 Å². The summed E-state index contributed by atoms with van der Waals surface area (Å²) in [6, 6.07) is 9.09. The minimum Gasteiger partial charge on any atom is -0.392 e. The highest BCUT2D eigenvalue weighted by Gasteiger charge is 2.20. The Hall–Kier alpha value is -1.91. The predicted octanol–water partition coefficient (Wildman–Crippen LogP) is 3.75. The lowest BCUT2D eigenvalue weighted by Gasteiger charge is -2.17. The molecule has 1 atom stereocenters. The summed E-state index contributed by atoms with van der Waals surface area (Å²) in [4.78, 5) is 16.6. The van der Waals surface area contributed by atoms with Gasteiger partial charge in [0.15, 0.2) is 0 Å². The van der Waals surface area contributed by atoms with Gasteiger partial charge in [-0.15, -0.1) is 0 Å². The quantitative estimate of drug-likeness (QED) is 0.852. The fourth-order valence-electron chi connectivity index (χ4n) is 2.33. The number of halogens is 1. The molecule has 1 amide bonds. The maximum Gasteiger partial charge on any atom is 0.231 e.